The van der Waals surface area contributed by atoms with E-state index in [-0.39, 0.29) is 11.8 Å². The molecule has 1 aromatic heterocycles. The highest BCUT2D eigenvalue weighted by molar-refractivity contribution is 5.97. The number of ketones is 1. The van der Waals surface area contributed by atoms with Crippen LogP contribution in [0.3, 0.4) is 0 Å². The SMILES string of the molecule is CCn1ccnc1C(=O)C1CCCN1. The number of aromatic nitrogens is 2. The van der Waals surface area contributed by atoms with E-state index in [0.29, 0.717) is 5.82 Å². The van der Waals surface area contributed by atoms with Crippen LogP contribution in [0.25, 0.3) is 0 Å². The van der Waals surface area contributed by atoms with Crippen molar-refractivity contribution in [1.82, 2.24) is 14.9 Å². The molecule has 0 saturated carbocycles. The van der Waals surface area contributed by atoms with E-state index in [9.17, 15) is 4.79 Å². The summed E-state index contributed by atoms with van der Waals surface area (Å²) in [6.45, 7) is 3.76. The van der Waals surface area contributed by atoms with Crippen LogP contribution in [0.15, 0.2) is 12.4 Å². The molecule has 1 N–H and O–H groups in total. The minimum absolute atomic E-state index is 0.0114. The van der Waals surface area contributed by atoms with Gasteiger partial charge in [0.25, 0.3) is 0 Å². The van der Waals surface area contributed by atoms with Gasteiger partial charge < -0.3 is 9.88 Å². The van der Waals surface area contributed by atoms with Gasteiger partial charge in [0.05, 0.1) is 6.04 Å². The molecular formula is C10H15N3O. The van der Waals surface area contributed by atoms with Gasteiger partial charge in [0.1, 0.15) is 0 Å². The normalized spacial score (nSPS) is 21.4. The van der Waals surface area contributed by atoms with Crippen LogP contribution in [0.2, 0.25) is 0 Å². The first-order valence-electron chi connectivity index (χ1n) is 5.11. The molecule has 2 rings (SSSR count). The summed E-state index contributed by atoms with van der Waals surface area (Å²) in [7, 11) is 0. The average molecular weight is 193 g/mol. The van der Waals surface area contributed by atoms with Crippen molar-refractivity contribution in [2.75, 3.05) is 6.54 Å². The Bertz CT molecular complexity index is 326. The van der Waals surface area contributed by atoms with E-state index in [1.807, 2.05) is 17.7 Å². The molecule has 76 valence electrons. The lowest BCUT2D eigenvalue weighted by molar-refractivity contribution is 0.0938. The Hall–Kier alpha value is -1.16. The van der Waals surface area contributed by atoms with Crippen molar-refractivity contribution in [1.29, 1.82) is 0 Å². The number of aryl methyl sites for hydroxylation is 1. The molecule has 1 atom stereocenters. The monoisotopic (exact) mass is 193 g/mol. The molecule has 0 spiro atoms. The maximum atomic E-state index is 11.9. The van der Waals surface area contributed by atoms with Gasteiger partial charge in [-0.2, -0.15) is 0 Å². The van der Waals surface area contributed by atoms with Gasteiger partial charge in [-0.25, -0.2) is 4.98 Å². The van der Waals surface area contributed by atoms with Crippen molar-refractivity contribution < 1.29 is 4.79 Å². The first kappa shape index (κ1) is 9.40. The van der Waals surface area contributed by atoms with E-state index in [4.69, 9.17) is 0 Å². The number of carbonyl (C=O) groups excluding carboxylic acids is 1. The van der Waals surface area contributed by atoms with Gasteiger partial charge >= 0.3 is 0 Å². The van der Waals surface area contributed by atoms with Crippen molar-refractivity contribution >= 4 is 5.78 Å². The molecular weight excluding hydrogens is 178 g/mol. The molecule has 1 aromatic rings. The van der Waals surface area contributed by atoms with Crippen molar-refractivity contribution in [3.63, 3.8) is 0 Å². The number of imidazole rings is 1. The van der Waals surface area contributed by atoms with Gasteiger partial charge in [0, 0.05) is 18.9 Å². The molecule has 1 fully saturated rings. The highest BCUT2D eigenvalue weighted by atomic mass is 16.1. The number of rotatable bonds is 3. The molecule has 0 amide bonds. The highest BCUT2D eigenvalue weighted by Gasteiger charge is 2.25. The lowest BCUT2D eigenvalue weighted by Gasteiger charge is -2.09. The summed E-state index contributed by atoms with van der Waals surface area (Å²) < 4.78 is 1.89. The summed E-state index contributed by atoms with van der Waals surface area (Å²) in [6, 6.07) is -0.0114. The second-order valence-corrected chi connectivity index (χ2v) is 3.55. The summed E-state index contributed by atoms with van der Waals surface area (Å²) >= 11 is 0. The highest BCUT2D eigenvalue weighted by Crippen LogP contribution is 2.11. The van der Waals surface area contributed by atoms with Crippen LogP contribution in [0, 0.1) is 0 Å². The smallest absolute Gasteiger partial charge is 0.215 e. The standard InChI is InChI=1S/C10H15N3O/c1-2-13-7-6-12-10(13)9(14)8-4-3-5-11-8/h6-8,11H,2-5H2,1H3. The van der Waals surface area contributed by atoms with Crippen molar-refractivity contribution in [2.45, 2.75) is 32.4 Å². The lowest BCUT2D eigenvalue weighted by atomic mass is 10.1. The van der Waals surface area contributed by atoms with Gasteiger partial charge in [0.15, 0.2) is 5.82 Å². The van der Waals surface area contributed by atoms with Gasteiger partial charge in [-0.1, -0.05) is 0 Å². The van der Waals surface area contributed by atoms with Crippen LogP contribution in [-0.4, -0.2) is 27.9 Å². The Labute approximate surface area is 83.3 Å². The molecule has 1 aliphatic rings. The minimum atomic E-state index is -0.0114. The van der Waals surface area contributed by atoms with Crippen molar-refractivity contribution in [3.8, 4) is 0 Å². The maximum Gasteiger partial charge on any atom is 0.215 e. The van der Waals surface area contributed by atoms with E-state index in [0.717, 1.165) is 25.9 Å². The molecule has 1 aliphatic heterocycles. The zero-order valence-electron chi connectivity index (χ0n) is 8.36. The minimum Gasteiger partial charge on any atom is -0.329 e. The number of Topliss-reactive ketones (excluding diaryl/α,β-unsaturated/α-hetero) is 1. The third kappa shape index (κ3) is 1.57. The Morgan fingerprint density at radius 1 is 1.79 bits per heavy atom. The number of carbonyl (C=O) groups is 1. The van der Waals surface area contributed by atoms with Crippen LogP contribution in [-0.2, 0) is 6.54 Å². The Morgan fingerprint density at radius 3 is 3.29 bits per heavy atom. The molecule has 2 heterocycles. The molecule has 0 aromatic carbocycles. The summed E-state index contributed by atoms with van der Waals surface area (Å²) in [6.07, 6.45) is 5.56. The third-order valence-corrected chi connectivity index (χ3v) is 2.65. The van der Waals surface area contributed by atoms with Crippen LogP contribution < -0.4 is 5.32 Å². The summed E-state index contributed by atoms with van der Waals surface area (Å²) in [5, 5.41) is 3.19. The van der Waals surface area contributed by atoms with Crippen LogP contribution >= 0.6 is 0 Å². The molecule has 0 aliphatic carbocycles. The van der Waals surface area contributed by atoms with Crippen LogP contribution in [0.1, 0.15) is 30.4 Å². The fraction of sp³-hybridized carbons (Fsp3) is 0.600. The molecule has 0 bridgehead atoms. The van der Waals surface area contributed by atoms with Gasteiger partial charge in [-0.05, 0) is 26.3 Å². The van der Waals surface area contributed by atoms with Gasteiger partial charge in [-0.15, -0.1) is 0 Å². The molecule has 1 unspecified atom stereocenters. The number of nitrogens with zero attached hydrogens (tertiary/aromatic N) is 2. The Morgan fingerprint density at radius 2 is 2.64 bits per heavy atom. The predicted molar refractivity (Wildman–Crippen MR) is 53.3 cm³/mol. The second kappa shape index (κ2) is 3.92. The van der Waals surface area contributed by atoms with Crippen LogP contribution in [0.4, 0.5) is 0 Å². The quantitative estimate of drug-likeness (QED) is 0.723. The van der Waals surface area contributed by atoms with Gasteiger partial charge in [-0.3, -0.25) is 4.79 Å². The molecule has 1 saturated heterocycles. The summed E-state index contributed by atoms with van der Waals surface area (Å²) in [5.41, 5.74) is 0. The Kier molecular flexibility index (Phi) is 2.63. The third-order valence-electron chi connectivity index (χ3n) is 2.65. The fourth-order valence-corrected chi connectivity index (χ4v) is 1.85. The number of hydrogen-bond donors (Lipinski definition) is 1. The summed E-state index contributed by atoms with van der Waals surface area (Å²) in [5.74, 6) is 0.723. The van der Waals surface area contributed by atoms with E-state index in [1.165, 1.54) is 0 Å². The zero-order valence-corrected chi connectivity index (χ0v) is 8.36. The van der Waals surface area contributed by atoms with Crippen molar-refractivity contribution in [3.05, 3.63) is 18.2 Å². The lowest BCUT2D eigenvalue weighted by Crippen LogP contribution is -2.32. The van der Waals surface area contributed by atoms with Gasteiger partial charge in [0.2, 0.25) is 5.78 Å². The fourth-order valence-electron chi connectivity index (χ4n) is 1.85. The molecule has 4 heteroatoms. The first-order chi connectivity index (χ1) is 6.83. The zero-order chi connectivity index (χ0) is 9.97. The summed E-state index contributed by atoms with van der Waals surface area (Å²) in [4.78, 5) is 16.0. The predicted octanol–water partition coefficient (Wildman–Crippen LogP) is 0.838. The molecule has 4 nitrogen and oxygen atoms in total. The van der Waals surface area contributed by atoms with E-state index < -0.39 is 0 Å². The number of nitrogens with one attached hydrogen (secondary N) is 1. The second-order valence-electron chi connectivity index (χ2n) is 3.55. The number of hydrogen-bond acceptors (Lipinski definition) is 3. The molecule has 14 heavy (non-hydrogen) atoms. The van der Waals surface area contributed by atoms with E-state index >= 15 is 0 Å². The Balaban J connectivity index is 2.17. The first-order valence-corrected chi connectivity index (χ1v) is 5.11. The topological polar surface area (TPSA) is 46.9 Å². The maximum absolute atomic E-state index is 11.9. The van der Waals surface area contributed by atoms with E-state index in [1.54, 1.807) is 6.20 Å². The van der Waals surface area contributed by atoms with E-state index in [2.05, 4.69) is 10.3 Å². The average Bonchev–Trinajstić information content (AvgIpc) is 2.87. The van der Waals surface area contributed by atoms with Crippen LogP contribution in [0.5, 0.6) is 0 Å². The van der Waals surface area contributed by atoms with Crippen molar-refractivity contribution in [2.24, 2.45) is 0 Å². The largest absolute Gasteiger partial charge is 0.329 e. The molecule has 0 radical (unpaired) electrons.